The summed E-state index contributed by atoms with van der Waals surface area (Å²) in [5, 5.41) is 4.14. The van der Waals surface area contributed by atoms with Crippen LogP contribution in [0.5, 0.6) is 0 Å². The van der Waals surface area contributed by atoms with Crippen molar-refractivity contribution in [2.75, 3.05) is 18.6 Å². The van der Waals surface area contributed by atoms with Gasteiger partial charge in [-0.1, -0.05) is 0 Å². The van der Waals surface area contributed by atoms with Gasteiger partial charge in [0.2, 0.25) is 0 Å². The van der Waals surface area contributed by atoms with Gasteiger partial charge < -0.3 is 5.32 Å². The maximum Gasteiger partial charge on any atom is 0.156 e. The molecule has 0 aromatic heterocycles. The van der Waals surface area contributed by atoms with E-state index in [0.717, 1.165) is 5.25 Å². The van der Waals surface area contributed by atoms with Crippen LogP contribution in [0.15, 0.2) is 0 Å². The fourth-order valence-electron chi connectivity index (χ4n) is 2.04. The molecule has 1 N–H and O–H groups in total. The minimum absolute atomic E-state index is 0.247. The first-order chi connectivity index (χ1) is 7.76. The standard InChI is InChI=1S/C12H25NO2S2/c1-12(2,3)17(14,15)8-7-13-10-5-6-11(9-10)16-4/h10-11,13H,5-9H2,1-4H3. The molecule has 0 heterocycles. The van der Waals surface area contributed by atoms with Gasteiger partial charge in [-0.25, -0.2) is 8.42 Å². The Morgan fingerprint density at radius 1 is 1.29 bits per heavy atom. The van der Waals surface area contributed by atoms with Crippen molar-refractivity contribution in [3.8, 4) is 0 Å². The van der Waals surface area contributed by atoms with Gasteiger partial charge in [0.15, 0.2) is 9.84 Å². The molecule has 0 aromatic rings. The first-order valence-corrected chi connectivity index (χ1v) is 9.19. The van der Waals surface area contributed by atoms with Gasteiger partial charge in [-0.15, -0.1) is 0 Å². The average molecular weight is 279 g/mol. The van der Waals surface area contributed by atoms with Gasteiger partial charge in [0.1, 0.15) is 0 Å². The maximum absolute atomic E-state index is 11.9. The van der Waals surface area contributed by atoms with E-state index in [1.165, 1.54) is 19.3 Å². The third-order valence-corrected chi connectivity index (χ3v) is 7.16. The summed E-state index contributed by atoms with van der Waals surface area (Å²) >= 11 is 1.92. The molecule has 0 bridgehead atoms. The van der Waals surface area contributed by atoms with Crippen molar-refractivity contribution in [1.29, 1.82) is 0 Å². The summed E-state index contributed by atoms with van der Waals surface area (Å²) in [5.41, 5.74) is 0. The fourth-order valence-corrected chi connectivity index (χ4v) is 3.84. The zero-order chi connectivity index (χ0) is 13.1. The first-order valence-electron chi connectivity index (χ1n) is 6.25. The van der Waals surface area contributed by atoms with Crippen molar-refractivity contribution in [2.45, 2.75) is 56.1 Å². The molecule has 0 spiro atoms. The van der Waals surface area contributed by atoms with Crippen LogP contribution in [0.4, 0.5) is 0 Å². The summed E-state index contributed by atoms with van der Waals surface area (Å²) in [7, 11) is -2.98. The number of thioether (sulfide) groups is 1. The minimum atomic E-state index is -2.98. The van der Waals surface area contributed by atoms with Gasteiger partial charge in [0.05, 0.1) is 10.5 Å². The lowest BCUT2D eigenvalue weighted by atomic mass is 10.2. The van der Waals surface area contributed by atoms with E-state index >= 15 is 0 Å². The molecule has 5 heteroatoms. The van der Waals surface area contributed by atoms with E-state index in [9.17, 15) is 8.42 Å². The van der Waals surface area contributed by atoms with E-state index in [4.69, 9.17) is 0 Å². The van der Waals surface area contributed by atoms with E-state index in [-0.39, 0.29) is 5.75 Å². The smallest absolute Gasteiger partial charge is 0.156 e. The third kappa shape index (κ3) is 4.45. The zero-order valence-corrected chi connectivity index (χ0v) is 13.0. The van der Waals surface area contributed by atoms with Crippen molar-refractivity contribution in [1.82, 2.24) is 5.32 Å². The molecule has 3 nitrogen and oxygen atoms in total. The van der Waals surface area contributed by atoms with Crippen molar-refractivity contribution in [2.24, 2.45) is 0 Å². The quantitative estimate of drug-likeness (QED) is 0.837. The molecule has 0 radical (unpaired) electrons. The average Bonchev–Trinajstić information content (AvgIpc) is 2.63. The number of rotatable bonds is 5. The van der Waals surface area contributed by atoms with E-state index in [2.05, 4.69) is 11.6 Å². The molecular formula is C12H25NO2S2. The third-order valence-electron chi connectivity index (χ3n) is 3.45. The van der Waals surface area contributed by atoms with E-state index in [1.54, 1.807) is 20.8 Å². The highest BCUT2D eigenvalue weighted by atomic mass is 32.2. The van der Waals surface area contributed by atoms with Gasteiger partial charge in [-0.2, -0.15) is 11.8 Å². The van der Waals surface area contributed by atoms with Crippen LogP contribution in [-0.2, 0) is 9.84 Å². The Balaban J connectivity index is 2.30. The second kappa shape index (κ2) is 5.93. The van der Waals surface area contributed by atoms with Crippen LogP contribution in [0.3, 0.4) is 0 Å². The molecule has 2 atom stereocenters. The summed E-state index contributed by atoms with van der Waals surface area (Å²) in [5.74, 6) is 0.247. The summed E-state index contributed by atoms with van der Waals surface area (Å²) < 4.78 is 23.2. The Bertz CT molecular complexity index is 333. The molecule has 1 fully saturated rings. The highest BCUT2D eigenvalue weighted by Gasteiger charge is 2.29. The second-order valence-electron chi connectivity index (χ2n) is 5.75. The van der Waals surface area contributed by atoms with Crippen LogP contribution in [-0.4, -0.2) is 43.0 Å². The molecule has 17 heavy (non-hydrogen) atoms. The van der Waals surface area contributed by atoms with Crippen molar-refractivity contribution < 1.29 is 8.42 Å². The van der Waals surface area contributed by atoms with Gasteiger partial charge in [-0.05, 0) is 46.3 Å². The molecule has 1 saturated carbocycles. The van der Waals surface area contributed by atoms with Gasteiger partial charge >= 0.3 is 0 Å². The van der Waals surface area contributed by atoms with Crippen molar-refractivity contribution in [3.05, 3.63) is 0 Å². The molecule has 0 aromatic carbocycles. The molecule has 1 rings (SSSR count). The summed E-state index contributed by atoms with van der Waals surface area (Å²) in [6, 6.07) is 0.516. The number of hydrogen-bond donors (Lipinski definition) is 1. The molecule has 1 aliphatic carbocycles. The van der Waals surface area contributed by atoms with Crippen LogP contribution >= 0.6 is 11.8 Å². The van der Waals surface area contributed by atoms with Gasteiger partial charge in [0, 0.05) is 17.8 Å². The molecule has 102 valence electrons. The van der Waals surface area contributed by atoms with Crippen LogP contribution in [0.2, 0.25) is 0 Å². The Morgan fingerprint density at radius 3 is 2.41 bits per heavy atom. The van der Waals surface area contributed by atoms with Crippen LogP contribution in [0.25, 0.3) is 0 Å². The maximum atomic E-state index is 11.9. The van der Waals surface area contributed by atoms with Crippen LogP contribution in [0.1, 0.15) is 40.0 Å². The topological polar surface area (TPSA) is 46.2 Å². The molecule has 0 saturated heterocycles. The molecule has 1 aliphatic rings. The Hall–Kier alpha value is 0.260. The Labute approximate surface area is 110 Å². The number of nitrogens with one attached hydrogen (secondary N) is 1. The van der Waals surface area contributed by atoms with Crippen LogP contribution in [0, 0.1) is 0 Å². The van der Waals surface area contributed by atoms with E-state index in [0.29, 0.717) is 12.6 Å². The predicted octanol–water partition coefficient (Wildman–Crippen LogP) is 2.07. The first kappa shape index (κ1) is 15.3. The van der Waals surface area contributed by atoms with E-state index in [1.807, 2.05) is 11.8 Å². The van der Waals surface area contributed by atoms with Crippen LogP contribution < -0.4 is 5.32 Å². The normalized spacial score (nSPS) is 26.4. The van der Waals surface area contributed by atoms with E-state index < -0.39 is 14.6 Å². The Kier molecular flexibility index (Phi) is 5.35. The molecule has 2 unspecified atom stereocenters. The summed E-state index contributed by atoms with van der Waals surface area (Å²) in [6.45, 7) is 5.89. The lowest BCUT2D eigenvalue weighted by Gasteiger charge is -2.20. The fraction of sp³-hybridized carbons (Fsp3) is 1.00. The summed E-state index contributed by atoms with van der Waals surface area (Å²) in [4.78, 5) is 0. The monoisotopic (exact) mass is 279 g/mol. The largest absolute Gasteiger partial charge is 0.313 e. The Morgan fingerprint density at radius 2 is 1.94 bits per heavy atom. The number of sulfone groups is 1. The SMILES string of the molecule is CSC1CCC(NCCS(=O)(=O)C(C)(C)C)C1. The summed E-state index contributed by atoms with van der Waals surface area (Å²) in [6.07, 6.45) is 5.76. The second-order valence-corrected chi connectivity index (χ2v) is 9.75. The zero-order valence-electron chi connectivity index (χ0n) is 11.3. The van der Waals surface area contributed by atoms with Gasteiger partial charge in [-0.3, -0.25) is 0 Å². The van der Waals surface area contributed by atoms with Crippen molar-refractivity contribution in [3.63, 3.8) is 0 Å². The number of hydrogen-bond acceptors (Lipinski definition) is 4. The highest BCUT2D eigenvalue weighted by molar-refractivity contribution is 7.99. The lowest BCUT2D eigenvalue weighted by molar-refractivity contribution is 0.527. The van der Waals surface area contributed by atoms with Gasteiger partial charge in [0.25, 0.3) is 0 Å². The molecular weight excluding hydrogens is 254 g/mol. The van der Waals surface area contributed by atoms with Crippen molar-refractivity contribution >= 4 is 21.6 Å². The minimum Gasteiger partial charge on any atom is -0.313 e. The highest BCUT2D eigenvalue weighted by Crippen LogP contribution is 2.28. The lowest BCUT2D eigenvalue weighted by Crippen LogP contribution is -2.37. The molecule has 0 aliphatic heterocycles. The molecule has 0 amide bonds. The predicted molar refractivity (Wildman–Crippen MR) is 76.5 cm³/mol.